The molecular weight excluding hydrogens is 353 g/mol. The lowest BCUT2D eigenvalue weighted by atomic mass is 10.2. The van der Waals surface area contributed by atoms with E-state index in [-0.39, 0.29) is 6.61 Å². The first-order chi connectivity index (χ1) is 9.01. The number of benzene rings is 1. The average molecular weight is 365 g/mol. The van der Waals surface area contributed by atoms with Gasteiger partial charge in [0.2, 0.25) is 0 Å². The molecule has 3 nitrogen and oxygen atoms in total. The molecule has 0 fully saturated rings. The molecule has 1 aromatic carbocycles. The van der Waals surface area contributed by atoms with Crippen molar-refractivity contribution in [3.63, 3.8) is 0 Å². The standard InChI is InChI=1S/C13H12BrCl2NO2/c1-7-8(5-17)2-9(19-7)6-18-13-4-11(15)10(14)3-12(13)16/h2-4H,5-6,17H2,1H3. The third-order valence-corrected chi connectivity index (χ3v) is 4.13. The maximum atomic E-state index is 6.07. The van der Waals surface area contributed by atoms with Crippen LogP contribution in [0.1, 0.15) is 17.1 Å². The molecule has 0 bridgehead atoms. The van der Waals surface area contributed by atoms with Crippen LogP contribution >= 0.6 is 39.1 Å². The molecule has 0 spiro atoms. The summed E-state index contributed by atoms with van der Waals surface area (Å²) in [5.74, 6) is 2.02. The molecule has 0 saturated heterocycles. The summed E-state index contributed by atoms with van der Waals surface area (Å²) in [7, 11) is 0. The lowest BCUT2D eigenvalue weighted by molar-refractivity contribution is 0.267. The smallest absolute Gasteiger partial charge is 0.146 e. The molecule has 1 aromatic heterocycles. The highest BCUT2D eigenvalue weighted by molar-refractivity contribution is 9.10. The predicted octanol–water partition coefficient (Wildman–Crippen LogP) is 4.70. The third-order valence-electron chi connectivity index (χ3n) is 2.64. The first-order valence-corrected chi connectivity index (χ1v) is 7.11. The van der Waals surface area contributed by atoms with Gasteiger partial charge in [-0.2, -0.15) is 0 Å². The maximum Gasteiger partial charge on any atom is 0.146 e. The molecular formula is C13H12BrCl2NO2. The highest BCUT2D eigenvalue weighted by Crippen LogP contribution is 2.34. The number of hydrogen-bond acceptors (Lipinski definition) is 3. The van der Waals surface area contributed by atoms with E-state index < -0.39 is 0 Å². The number of hydrogen-bond donors (Lipinski definition) is 1. The van der Waals surface area contributed by atoms with Crippen molar-refractivity contribution >= 4 is 39.1 Å². The molecule has 102 valence electrons. The predicted molar refractivity (Wildman–Crippen MR) is 79.8 cm³/mol. The van der Waals surface area contributed by atoms with Gasteiger partial charge < -0.3 is 14.9 Å². The molecule has 0 aliphatic heterocycles. The molecule has 0 unspecified atom stereocenters. The summed E-state index contributed by atoms with van der Waals surface area (Å²) in [6, 6.07) is 5.23. The van der Waals surface area contributed by atoms with E-state index in [4.69, 9.17) is 38.1 Å². The van der Waals surface area contributed by atoms with E-state index in [1.54, 1.807) is 12.1 Å². The Morgan fingerprint density at radius 2 is 2.00 bits per heavy atom. The Balaban J connectivity index is 2.12. The number of furan rings is 1. The van der Waals surface area contributed by atoms with Gasteiger partial charge in [-0.3, -0.25) is 0 Å². The molecule has 2 rings (SSSR count). The minimum Gasteiger partial charge on any atom is -0.484 e. The molecule has 0 radical (unpaired) electrons. The Bertz CT molecular complexity index is 599. The van der Waals surface area contributed by atoms with E-state index in [9.17, 15) is 0 Å². The topological polar surface area (TPSA) is 48.4 Å². The molecule has 2 N–H and O–H groups in total. The van der Waals surface area contributed by atoms with Crippen molar-refractivity contribution in [1.29, 1.82) is 0 Å². The van der Waals surface area contributed by atoms with Crippen LogP contribution in [0.4, 0.5) is 0 Å². The van der Waals surface area contributed by atoms with Crippen LogP contribution in [0.5, 0.6) is 5.75 Å². The van der Waals surface area contributed by atoms with Gasteiger partial charge >= 0.3 is 0 Å². The number of rotatable bonds is 4. The normalized spacial score (nSPS) is 10.8. The zero-order valence-corrected chi connectivity index (χ0v) is 13.3. The Hall–Kier alpha value is -0.680. The van der Waals surface area contributed by atoms with Gasteiger partial charge in [0, 0.05) is 22.6 Å². The monoisotopic (exact) mass is 363 g/mol. The molecule has 0 amide bonds. The van der Waals surface area contributed by atoms with Crippen molar-refractivity contribution < 1.29 is 9.15 Å². The second-order valence-electron chi connectivity index (χ2n) is 3.98. The molecule has 0 saturated carbocycles. The highest BCUT2D eigenvalue weighted by atomic mass is 79.9. The quantitative estimate of drug-likeness (QED) is 0.800. The van der Waals surface area contributed by atoms with Gasteiger partial charge in [-0.25, -0.2) is 0 Å². The molecule has 0 aliphatic carbocycles. The third kappa shape index (κ3) is 3.45. The Morgan fingerprint density at radius 1 is 1.26 bits per heavy atom. The maximum absolute atomic E-state index is 6.07. The van der Waals surface area contributed by atoms with Crippen LogP contribution in [0.3, 0.4) is 0 Å². The van der Waals surface area contributed by atoms with Crippen LogP contribution in [0.2, 0.25) is 10.0 Å². The largest absolute Gasteiger partial charge is 0.484 e. The van der Waals surface area contributed by atoms with E-state index in [1.165, 1.54) is 0 Å². The van der Waals surface area contributed by atoms with Crippen LogP contribution in [0.25, 0.3) is 0 Å². The summed E-state index contributed by atoms with van der Waals surface area (Å²) in [6.45, 7) is 2.59. The minimum atomic E-state index is 0.276. The number of halogens is 3. The Kier molecular flexibility index (Phi) is 4.79. The second-order valence-corrected chi connectivity index (χ2v) is 5.65. The van der Waals surface area contributed by atoms with Gasteiger partial charge in [-0.15, -0.1) is 0 Å². The van der Waals surface area contributed by atoms with Crippen molar-refractivity contribution in [2.75, 3.05) is 0 Å². The fraction of sp³-hybridized carbons (Fsp3) is 0.231. The van der Waals surface area contributed by atoms with Crippen LogP contribution < -0.4 is 10.5 Å². The number of nitrogens with two attached hydrogens (primary N) is 1. The number of aryl methyl sites for hydroxylation is 1. The van der Waals surface area contributed by atoms with Gasteiger partial charge in [0.05, 0.1) is 10.0 Å². The van der Waals surface area contributed by atoms with Crippen molar-refractivity contribution in [2.24, 2.45) is 5.73 Å². The van der Waals surface area contributed by atoms with Gasteiger partial charge in [-0.05, 0) is 35.0 Å². The SMILES string of the molecule is Cc1oc(COc2cc(Cl)c(Br)cc2Cl)cc1CN. The van der Waals surface area contributed by atoms with Gasteiger partial charge in [-0.1, -0.05) is 23.2 Å². The van der Waals surface area contributed by atoms with Crippen LogP contribution in [-0.2, 0) is 13.2 Å². The van der Waals surface area contributed by atoms with E-state index in [0.717, 1.165) is 15.8 Å². The van der Waals surface area contributed by atoms with E-state index in [2.05, 4.69) is 15.9 Å². The fourth-order valence-electron chi connectivity index (χ4n) is 1.63. The van der Waals surface area contributed by atoms with E-state index in [0.29, 0.717) is 28.1 Å². The van der Waals surface area contributed by atoms with Gasteiger partial charge in [0.1, 0.15) is 23.9 Å². The van der Waals surface area contributed by atoms with Crippen molar-refractivity contribution in [2.45, 2.75) is 20.1 Å². The number of ether oxygens (including phenoxy) is 1. The summed E-state index contributed by atoms with van der Waals surface area (Å²) >= 11 is 15.4. The molecule has 6 heteroatoms. The molecule has 2 aromatic rings. The zero-order valence-electron chi connectivity index (χ0n) is 10.2. The lowest BCUT2D eigenvalue weighted by Crippen LogP contribution is -1.96. The highest BCUT2D eigenvalue weighted by Gasteiger charge is 2.10. The summed E-state index contributed by atoms with van der Waals surface area (Å²) in [5, 5.41) is 1.02. The molecule has 19 heavy (non-hydrogen) atoms. The van der Waals surface area contributed by atoms with Crippen molar-refractivity contribution in [1.82, 2.24) is 0 Å². The van der Waals surface area contributed by atoms with E-state index in [1.807, 2.05) is 13.0 Å². The summed E-state index contributed by atoms with van der Waals surface area (Å²) in [5.41, 5.74) is 6.56. The first kappa shape index (κ1) is 14.7. The molecule has 0 atom stereocenters. The molecule has 0 aliphatic rings. The molecule has 1 heterocycles. The van der Waals surface area contributed by atoms with Gasteiger partial charge in [0.25, 0.3) is 0 Å². The van der Waals surface area contributed by atoms with Crippen molar-refractivity contribution in [3.05, 3.63) is 49.8 Å². The van der Waals surface area contributed by atoms with Crippen molar-refractivity contribution in [3.8, 4) is 5.75 Å². The van der Waals surface area contributed by atoms with Gasteiger partial charge in [0.15, 0.2) is 0 Å². The Labute approximate surface area is 129 Å². The minimum absolute atomic E-state index is 0.276. The van der Waals surface area contributed by atoms with Crippen LogP contribution in [0, 0.1) is 6.92 Å². The Morgan fingerprint density at radius 3 is 2.63 bits per heavy atom. The second kappa shape index (κ2) is 6.18. The van der Waals surface area contributed by atoms with Crippen LogP contribution in [0.15, 0.2) is 27.1 Å². The van der Waals surface area contributed by atoms with E-state index >= 15 is 0 Å². The van der Waals surface area contributed by atoms with Crippen LogP contribution in [-0.4, -0.2) is 0 Å². The zero-order chi connectivity index (χ0) is 14.0. The average Bonchev–Trinajstić information content (AvgIpc) is 2.73. The first-order valence-electron chi connectivity index (χ1n) is 5.57. The summed E-state index contributed by atoms with van der Waals surface area (Å²) in [6.07, 6.45) is 0. The fourth-order valence-corrected chi connectivity index (χ4v) is 2.47. The lowest BCUT2D eigenvalue weighted by Gasteiger charge is -2.07. The summed E-state index contributed by atoms with van der Waals surface area (Å²) in [4.78, 5) is 0. The summed E-state index contributed by atoms with van der Waals surface area (Å²) < 4.78 is 11.9.